The Labute approximate surface area is 160 Å². The van der Waals surface area contributed by atoms with Gasteiger partial charge in [-0.3, -0.25) is 9.40 Å². The standard InChI is InChI=1S/C19H18F3N3O2S/c1-3-25-17(19(20,21)22)16(15-12-8-7-9-13(15)2)18(23-25)24-28(26,27)14-10-5-4-6-11-14/h4-12H,3H2,1-2H3,(H,23,24). The molecule has 9 heteroatoms. The highest BCUT2D eigenvalue weighted by atomic mass is 32.2. The highest BCUT2D eigenvalue weighted by Crippen LogP contribution is 2.42. The molecule has 0 amide bonds. The summed E-state index contributed by atoms with van der Waals surface area (Å²) in [7, 11) is -4.11. The summed E-state index contributed by atoms with van der Waals surface area (Å²) in [4.78, 5) is -0.0645. The van der Waals surface area contributed by atoms with Gasteiger partial charge in [-0.1, -0.05) is 42.5 Å². The molecular weight excluding hydrogens is 391 g/mol. The number of anilines is 1. The fourth-order valence-electron chi connectivity index (χ4n) is 2.94. The number of nitrogens with zero attached hydrogens (tertiary/aromatic N) is 2. The van der Waals surface area contributed by atoms with E-state index >= 15 is 0 Å². The maximum atomic E-state index is 13.8. The first-order chi connectivity index (χ1) is 13.1. The van der Waals surface area contributed by atoms with E-state index in [-0.39, 0.29) is 28.4 Å². The molecule has 0 aliphatic rings. The highest BCUT2D eigenvalue weighted by molar-refractivity contribution is 7.92. The lowest BCUT2D eigenvalue weighted by molar-refractivity contribution is -0.143. The van der Waals surface area contributed by atoms with Crippen molar-refractivity contribution in [2.75, 3.05) is 4.72 Å². The normalized spacial score (nSPS) is 12.2. The second-order valence-electron chi connectivity index (χ2n) is 6.12. The van der Waals surface area contributed by atoms with Crippen LogP contribution in [0.4, 0.5) is 19.0 Å². The van der Waals surface area contributed by atoms with Crippen molar-refractivity contribution in [2.45, 2.75) is 31.5 Å². The van der Waals surface area contributed by atoms with Crippen LogP contribution in [-0.4, -0.2) is 18.2 Å². The Hall–Kier alpha value is -2.81. The number of aromatic nitrogens is 2. The maximum Gasteiger partial charge on any atom is 0.433 e. The van der Waals surface area contributed by atoms with E-state index in [0.717, 1.165) is 4.68 Å². The molecule has 1 heterocycles. The number of hydrogen-bond acceptors (Lipinski definition) is 3. The predicted octanol–water partition coefficient (Wildman–Crippen LogP) is 4.70. The molecule has 0 saturated carbocycles. The zero-order valence-corrected chi connectivity index (χ0v) is 16.0. The van der Waals surface area contributed by atoms with Gasteiger partial charge in [-0.05, 0) is 37.1 Å². The summed E-state index contributed by atoms with van der Waals surface area (Å²) in [5.41, 5.74) is -0.439. The summed E-state index contributed by atoms with van der Waals surface area (Å²) >= 11 is 0. The molecule has 3 rings (SSSR count). The van der Waals surface area contributed by atoms with Crippen LogP contribution >= 0.6 is 0 Å². The third kappa shape index (κ3) is 3.75. The quantitative estimate of drug-likeness (QED) is 0.665. The second kappa shape index (κ2) is 7.31. The number of nitrogens with one attached hydrogen (secondary N) is 1. The minimum atomic E-state index is -4.71. The van der Waals surface area contributed by atoms with Crippen LogP contribution in [0.3, 0.4) is 0 Å². The molecule has 1 N–H and O–H groups in total. The van der Waals surface area contributed by atoms with Crippen molar-refractivity contribution in [2.24, 2.45) is 0 Å². The van der Waals surface area contributed by atoms with E-state index in [2.05, 4.69) is 9.82 Å². The molecule has 0 radical (unpaired) electrons. The number of sulfonamides is 1. The second-order valence-corrected chi connectivity index (χ2v) is 7.80. The van der Waals surface area contributed by atoms with Gasteiger partial charge < -0.3 is 0 Å². The molecule has 2 aromatic carbocycles. The lowest BCUT2D eigenvalue weighted by Crippen LogP contribution is -2.15. The molecular formula is C19H18F3N3O2S. The summed E-state index contributed by atoms with van der Waals surface area (Å²) in [5, 5.41) is 3.93. The van der Waals surface area contributed by atoms with Crippen molar-refractivity contribution in [1.29, 1.82) is 0 Å². The first-order valence-electron chi connectivity index (χ1n) is 8.47. The Kier molecular flexibility index (Phi) is 5.20. The van der Waals surface area contributed by atoms with Crippen LogP contribution in [-0.2, 0) is 22.7 Å². The van der Waals surface area contributed by atoms with Gasteiger partial charge >= 0.3 is 6.18 Å². The third-order valence-electron chi connectivity index (χ3n) is 4.22. The Morgan fingerprint density at radius 1 is 1.04 bits per heavy atom. The molecule has 0 aliphatic carbocycles. The number of alkyl halides is 3. The van der Waals surface area contributed by atoms with Gasteiger partial charge in [0.05, 0.1) is 10.5 Å². The van der Waals surface area contributed by atoms with Crippen molar-refractivity contribution >= 4 is 15.8 Å². The monoisotopic (exact) mass is 409 g/mol. The zero-order chi connectivity index (χ0) is 20.5. The summed E-state index contributed by atoms with van der Waals surface area (Å²) in [6.07, 6.45) is -4.71. The topological polar surface area (TPSA) is 64.0 Å². The van der Waals surface area contributed by atoms with E-state index in [4.69, 9.17) is 0 Å². The summed E-state index contributed by atoms with van der Waals surface area (Å²) in [6, 6.07) is 13.9. The number of halogens is 3. The minimum Gasteiger partial charge on any atom is -0.261 e. The van der Waals surface area contributed by atoms with E-state index in [1.165, 1.54) is 37.3 Å². The minimum absolute atomic E-state index is 0.0645. The Morgan fingerprint density at radius 3 is 2.21 bits per heavy atom. The van der Waals surface area contributed by atoms with E-state index in [1.807, 2.05) is 0 Å². The summed E-state index contributed by atoms with van der Waals surface area (Å²) in [5.74, 6) is -0.354. The van der Waals surface area contributed by atoms with Crippen LogP contribution in [0.25, 0.3) is 11.1 Å². The van der Waals surface area contributed by atoms with Gasteiger partial charge in [-0.15, -0.1) is 0 Å². The van der Waals surface area contributed by atoms with E-state index in [1.54, 1.807) is 31.2 Å². The van der Waals surface area contributed by atoms with Crippen molar-refractivity contribution < 1.29 is 21.6 Å². The first-order valence-corrected chi connectivity index (χ1v) is 9.95. The van der Waals surface area contributed by atoms with Crippen LogP contribution < -0.4 is 4.72 Å². The molecule has 28 heavy (non-hydrogen) atoms. The van der Waals surface area contributed by atoms with Crippen molar-refractivity contribution in [1.82, 2.24) is 9.78 Å². The molecule has 1 aromatic heterocycles. The summed E-state index contributed by atoms with van der Waals surface area (Å²) in [6.45, 7) is 3.11. The number of benzene rings is 2. The average Bonchev–Trinajstić information content (AvgIpc) is 3.00. The van der Waals surface area contributed by atoms with Crippen LogP contribution in [0.15, 0.2) is 59.5 Å². The Morgan fingerprint density at radius 2 is 1.64 bits per heavy atom. The zero-order valence-electron chi connectivity index (χ0n) is 15.2. The average molecular weight is 409 g/mol. The van der Waals surface area contributed by atoms with Crippen LogP contribution in [0.2, 0.25) is 0 Å². The number of rotatable bonds is 5. The van der Waals surface area contributed by atoms with Gasteiger partial charge in [0.25, 0.3) is 10.0 Å². The number of hydrogen-bond donors (Lipinski definition) is 1. The predicted molar refractivity (Wildman–Crippen MR) is 100 cm³/mol. The molecule has 3 aromatic rings. The maximum absolute atomic E-state index is 13.8. The van der Waals surface area contributed by atoms with Gasteiger partial charge in [0.1, 0.15) is 0 Å². The molecule has 0 bridgehead atoms. The Bertz CT molecular complexity index is 1090. The summed E-state index contributed by atoms with van der Waals surface area (Å²) < 4.78 is 69.9. The first kappa shape index (κ1) is 19.9. The van der Waals surface area contributed by atoms with E-state index in [0.29, 0.717) is 5.56 Å². The molecule has 0 fully saturated rings. The SMILES string of the molecule is CCn1nc(NS(=O)(=O)c2ccccc2)c(-c2ccccc2C)c1C(F)(F)F. The van der Waals surface area contributed by atoms with Crippen molar-refractivity contribution in [3.05, 3.63) is 65.9 Å². The number of aryl methyl sites for hydroxylation is 2. The Balaban J connectivity index is 2.25. The molecule has 0 atom stereocenters. The molecule has 0 saturated heterocycles. The fraction of sp³-hybridized carbons (Fsp3) is 0.211. The van der Waals surface area contributed by atoms with Gasteiger partial charge in [-0.25, -0.2) is 8.42 Å². The van der Waals surface area contributed by atoms with E-state index in [9.17, 15) is 21.6 Å². The van der Waals surface area contributed by atoms with Gasteiger partial charge in [0, 0.05) is 6.54 Å². The largest absolute Gasteiger partial charge is 0.433 e. The van der Waals surface area contributed by atoms with Gasteiger partial charge in [0.2, 0.25) is 0 Å². The van der Waals surface area contributed by atoms with Crippen LogP contribution in [0, 0.1) is 6.92 Å². The molecule has 0 aliphatic heterocycles. The van der Waals surface area contributed by atoms with Gasteiger partial charge in [0.15, 0.2) is 11.5 Å². The smallest absolute Gasteiger partial charge is 0.261 e. The van der Waals surface area contributed by atoms with Crippen LogP contribution in [0.1, 0.15) is 18.2 Å². The van der Waals surface area contributed by atoms with Crippen molar-refractivity contribution in [3.63, 3.8) is 0 Å². The lowest BCUT2D eigenvalue weighted by Gasteiger charge is -2.14. The highest BCUT2D eigenvalue weighted by Gasteiger charge is 2.41. The molecule has 5 nitrogen and oxygen atoms in total. The van der Waals surface area contributed by atoms with E-state index < -0.39 is 21.9 Å². The van der Waals surface area contributed by atoms with Crippen molar-refractivity contribution in [3.8, 4) is 11.1 Å². The van der Waals surface area contributed by atoms with Gasteiger partial charge in [-0.2, -0.15) is 18.3 Å². The lowest BCUT2D eigenvalue weighted by atomic mass is 10.00. The molecule has 148 valence electrons. The molecule has 0 spiro atoms. The third-order valence-corrected chi connectivity index (χ3v) is 5.57. The van der Waals surface area contributed by atoms with Crippen LogP contribution in [0.5, 0.6) is 0 Å². The fourth-order valence-corrected chi connectivity index (χ4v) is 3.98. The molecule has 0 unspecified atom stereocenters.